The minimum absolute atomic E-state index is 0.118. The zero-order valence-electron chi connectivity index (χ0n) is 9.72. The maximum Gasteiger partial charge on any atom is 0.338 e. The van der Waals surface area contributed by atoms with E-state index < -0.39 is 5.97 Å². The maximum absolute atomic E-state index is 11.9. The van der Waals surface area contributed by atoms with Gasteiger partial charge in [-0.3, -0.25) is 4.79 Å². The molecule has 0 bridgehead atoms. The van der Waals surface area contributed by atoms with Crippen molar-refractivity contribution < 1.29 is 14.7 Å². The van der Waals surface area contributed by atoms with Crippen LogP contribution < -0.4 is 5.32 Å². The number of thiophene rings is 1. The molecule has 98 valence electrons. The lowest BCUT2D eigenvalue weighted by Crippen LogP contribution is -2.15. The van der Waals surface area contributed by atoms with Crippen molar-refractivity contribution >= 4 is 44.1 Å². The maximum atomic E-state index is 11.9. The molecule has 1 aromatic carbocycles. The average molecular weight is 340 g/mol. The fourth-order valence-electron chi connectivity index (χ4n) is 1.58. The molecule has 1 heterocycles. The van der Waals surface area contributed by atoms with Crippen LogP contribution in [0, 0.1) is 0 Å². The van der Waals surface area contributed by atoms with Crippen LogP contribution in [0.25, 0.3) is 0 Å². The minimum atomic E-state index is -1.04. The molecule has 1 amide bonds. The van der Waals surface area contributed by atoms with Gasteiger partial charge in [-0.1, -0.05) is 28.1 Å². The Labute approximate surface area is 122 Å². The lowest BCUT2D eigenvalue weighted by molar-refractivity contribution is -0.115. The fraction of sp³-hybridized carbons (Fsp3) is 0.0769. The molecule has 2 rings (SSSR count). The molecule has 4 nitrogen and oxygen atoms in total. The lowest BCUT2D eigenvalue weighted by atomic mass is 10.1. The van der Waals surface area contributed by atoms with E-state index in [1.54, 1.807) is 5.38 Å². The Morgan fingerprint density at radius 1 is 1.32 bits per heavy atom. The summed E-state index contributed by atoms with van der Waals surface area (Å²) in [7, 11) is 0. The summed E-state index contributed by atoms with van der Waals surface area (Å²) in [6.07, 6.45) is 0.205. The third kappa shape index (κ3) is 3.65. The highest BCUT2D eigenvalue weighted by atomic mass is 79.9. The first-order valence-electron chi connectivity index (χ1n) is 5.41. The normalized spacial score (nSPS) is 10.2. The highest BCUT2D eigenvalue weighted by Crippen LogP contribution is 2.23. The van der Waals surface area contributed by atoms with Gasteiger partial charge < -0.3 is 10.4 Å². The number of anilines is 1. The van der Waals surface area contributed by atoms with E-state index in [4.69, 9.17) is 5.11 Å². The van der Waals surface area contributed by atoms with E-state index in [1.165, 1.54) is 17.4 Å². The van der Waals surface area contributed by atoms with Gasteiger partial charge in [0.2, 0.25) is 5.91 Å². The summed E-state index contributed by atoms with van der Waals surface area (Å²) in [5.41, 5.74) is 0.980. The van der Waals surface area contributed by atoms with E-state index in [9.17, 15) is 9.59 Å². The molecule has 1 aromatic heterocycles. The Balaban J connectivity index is 2.05. The number of halogens is 1. The first-order chi connectivity index (χ1) is 9.06. The standard InChI is InChI=1S/C13H10BrNO3S/c14-9-3-1-2-8(6-9)7-11(16)15-12-10(13(17)18)4-5-19-12/h1-6H,7H2,(H,15,16)(H,17,18). The summed E-state index contributed by atoms with van der Waals surface area (Å²) in [5.74, 6) is -1.28. The zero-order valence-corrected chi connectivity index (χ0v) is 12.1. The Morgan fingerprint density at radius 3 is 2.79 bits per heavy atom. The van der Waals surface area contributed by atoms with Crippen LogP contribution in [0.15, 0.2) is 40.2 Å². The zero-order chi connectivity index (χ0) is 13.8. The molecule has 0 saturated carbocycles. The Kier molecular flexibility index (Phi) is 4.34. The van der Waals surface area contributed by atoms with Crippen molar-refractivity contribution in [1.82, 2.24) is 0 Å². The van der Waals surface area contributed by atoms with E-state index in [0.717, 1.165) is 10.0 Å². The van der Waals surface area contributed by atoms with E-state index in [1.807, 2.05) is 24.3 Å². The number of carboxylic acid groups (broad SMARTS) is 1. The number of benzene rings is 1. The van der Waals surface area contributed by atoms with Gasteiger partial charge in [-0.15, -0.1) is 11.3 Å². The number of carbonyl (C=O) groups is 2. The molecular weight excluding hydrogens is 330 g/mol. The van der Waals surface area contributed by atoms with E-state index in [2.05, 4.69) is 21.2 Å². The van der Waals surface area contributed by atoms with Crippen LogP contribution >= 0.6 is 27.3 Å². The second-order valence-electron chi connectivity index (χ2n) is 3.82. The summed E-state index contributed by atoms with van der Waals surface area (Å²) >= 11 is 4.53. The van der Waals surface area contributed by atoms with Crippen molar-refractivity contribution in [3.05, 3.63) is 51.3 Å². The molecule has 2 N–H and O–H groups in total. The van der Waals surface area contributed by atoms with Gasteiger partial charge in [-0.2, -0.15) is 0 Å². The van der Waals surface area contributed by atoms with Crippen molar-refractivity contribution in [1.29, 1.82) is 0 Å². The predicted octanol–water partition coefficient (Wildman–Crippen LogP) is 3.39. The highest BCUT2D eigenvalue weighted by molar-refractivity contribution is 9.10. The summed E-state index contributed by atoms with van der Waals surface area (Å²) in [6, 6.07) is 8.90. The molecule has 0 aliphatic heterocycles. The highest BCUT2D eigenvalue weighted by Gasteiger charge is 2.14. The summed E-state index contributed by atoms with van der Waals surface area (Å²) < 4.78 is 0.903. The molecule has 2 aromatic rings. The smallest absolute Gasteiger partial charge is 0.338 e. The number of hydrogen-bond acceptors (Lipinski definition) is 3. The van der Waals surface area contributed by atoms with E-state index >= 15 is 0 Å². The molecule has 0 aliphatic carbocycles. The molecule has 6 heteroatoms. The van der Waals surface area contributed by atoms with Crippen LogP contribution in [0.2, 0.25) is 0 Å². The molecule has 0 aliphatic rings. The molecule has 19 heavy (non-hydrogen) atoms. The Bertz CT molecular complexity index is 624. The average Bonchev–Trinajstić information content (AvgIpc) is 2.76. The van der Waals surface area contributed by atoms with Crippen LogP contribution in [-0.4, -0.2) is 17.0 Å². The van der Waals surface area contributed by atoms with Gasteiger partial charge in [0.15, 0.2) is 0 Å². The number of rotatable bonds is 4. The third-order valence-electron chi connectivity index (χ3n) is 2.40. The van der Waals surface area contributed by atoms with Gasteiger partial charge in [0, 0.05) is 4.47 Å². The number of carbonyl (C=O) groups excluding carboxylic acids is 1. The van der Waals surface area contributed by atoms with Crippen LogP contribution in [-0.2, 0) is 11.2 Å². The van der Waals surface area contributed by atoms with Crippen molar-refractivity contribution in [2.24, 2.45) is 0 Å². The quantitative estimate of drug-likeness (QED) is 0.897. The van der Waals surface area contributed by atoms with Crippen molar-refractivity contribution in [2.75, 3.05) is 5.32 Å². The predicted molar refractivity (Wildman–Crippen MR) is 77.8 cm³/mol. The number of carboxylic acids is 1. The van der Waals surface area contributed by atoms with Gasteiger partial charge in [-0.25, -0.2) is 4.79 Å². The first kappa shape index (κ1) is 13.8. The Hall–Kier alpha value is -1.66. The number of nitrogens with one attached hydrogen (secondary N) is 1. The van der Waals surface area contributed by atoms with Gasteiger partial charge in [0.1, 0.15) is 5.00 Å². The van der Waals surface area contributed by atoms with Gasteiger partial charge in [-0.05, 0) is 29.1 Å². The van der Waals surface area contributed by atoms with Crippen LogP contribution in [0.5, 0.6) is 0 Å². The van der Waals surface area contributed by atoms with Gasteiger partial charge in [0.05, 0.1) is 12.0 Å². The second-order valence-corrected chi connectivity index (χ2v) is 5.66. The van der Waals surface area contributed by atoms with Crippen LogP contribution in [0.4, 0.5) is 5.00 Å². The number of aromatic carboxylic acids is 1. The number of hydrogen-bond donors (Lipinski definition) is 2. The monoisotopic (exact) mass is 339 g/mol. The molecule has 0 atom stereocenters. The summed E-state index contributed by atoms with van der Waals surface area (Å²) in [5, 5.41) is 13.6. The minimum Gasteiger partial charge on any atom is -0.478 e. The van der Waals surface area contributed by atoms with Crippen LogP contribution in [0.3, 0.4) is 0 Å². The molecule has 0 radical (unpaired) electrons. The van der Waals surface area contributed by atoms with Crippen molar-refractivity contribution in [3.63, 3.8) is 0 Å². The largest absolute Gasteiger partial charge is 0.478 e. The molecular formula is C13H10BrNO3S. The summed E-state index contributed by atoms with van der Waals surface area (Å²) in [6.45, 7) is 0. The summed E-state index contributed by atoms with van der Waals surface area (Å²) in [4.78, 5) is 22.8. The fourth-order valence-corrected chi connectivity index (χ4v) is 2.82. The van der Waals surface area contributed by atoms with E-state index in [-0.39, 0.29) is 17.9 Å². The van der Waals surface area contributed by atoms with E-state index in [0.29, 0.717) is 5.00 Å². The second kappa shape index (κ2) is 5.99. The molecule has 0 fully saturated rings. The lowest BCUT2D eigenvalue weighted by Gasteiger charge is -2.04. The molecule has 0 saturated heterocycles. The van der Waals surface area contributed by atoms with Gasteiger partial charge in [0.25, 0.3) is 0 Å². The molecule has 0 unspecified atom stereocenters. The third-order valence-corrected chi connectivity index (χ3v) is 3.73. The molecule has 0 spiro atoms. The van der Waals surface area contributed by atoms with Crippen LogP contribution in [0.1, 0.15) is 15.9 Å². The van der Waals surface area contributed by atoms with Gasteiger partial charge >= 0.3 is 5.97 Å². The van der Waals surface area contributed by atoms with Crippen molar-refractivity contribution in [2.45, 2.75) is 6.42 Å². The van der Waals surface area contributed by atoms with Crippen molar-refractivity contribution in [3.8, 4) is 0 Å². The Morgan fingerprint density at radius 2 is 2.11 bits per heavy atom. The SMILES string of the molecule is O=C(Cc1cccc(Br)c1)Nc1sccc1C(=O)O. The number of amides is 1. The first-order valence-corrected chi connectivity index (χ1v) is 7.08. The topological polar surface area (TPSA) is 66.4 Å².